The zero-order valence-electron chi connectivity index (χ0n) is 18.9. The van der Waals surface area contributed by atoms with Gasteiger partial charge in [0, 0.05) is 5.02 Å². The van der Waals surface area contributed by atoms with Gasteiger partial charge in [0.1, 0.15) is 11.4 Å². The van der Waals surface area contributed by atoms with Gasteiger partial charge in [-0.3, -0.25) is 4.79 Å². The molecule has 5 rings (SSSR count). The van der Waals surface area contributed by atoms with Crippen molar-refractivity contribution in [3.8, 4) is 28.3 Å². The Morgan fingerprint density at radius 1 is 0.971 bits per heavy atom. The van der Waals surface area contributed by atoms with Crippen LogP contribution in [-0.4, -0.2) is 35.5 Å². The molecule has 3 aromatic carbocycles. The third-order valence-electron chi connectivity index (χ3n) is 6.09. The van der Waals surface area contributed by atoms with Crippen molar-refractivity contribution in [1.82, 2.24) is 9.78 Å². The normalized spacial score (nSPS) is 15.8. The van der Waals surface area contributed by atoms with Crippen LogP contribution in [0.15, 0.2) is 89.9 Å². The van der Waals surface area contributed by atoms with Crippen LogP contribution in [0.3, 0.4) is 0 Å². The summed E-state index contributed by atoms with van der Waals surface area (Å²) in [6, 6.07) is 25.2. The molecule has 0 bridgehead atoms. The lowest BCUT2D eigenvalue weighted by Gasteiger charge is -2.34. The van der Waals surface area contributed by atoms with Crippen molar-refractivity contribution in [1.29, 1.82) is 0 Å². The van der Waals surface area contributed by atoms with E-state index in [0.29, 0.717) is 22.1 Å². The van der Waals surface area contributed by atoms with E-state index in [-0.39, 0.29) is 17.4 Å². The molecule has 0 saturated carbocycles. The fraction of sp³-hybridized carbons (Fsp3) is 0.185. The van der Waals surface area contributed by atoms with Gasteiger partial charge in [-0.05, 0) is 54.4 Å². The van der Waals surface area contributed by atoms with Crippen LogP contribution < -0.4 is 20.5 Å². The summed E-state index contributed by atoms with van der Waals surface area (Å²) in [5.74, 6) is 0.870. The Balaban J connectivity index is 1.55. The third kappa shape index (κ3) is 4.55. The fourth-order valence-electron chi connectivity index (χ4n) is 4.25. The topological polar surface area (TPSA) is 64.0 Å². The van der Waals surface area contributed by atoms with Gasteiger partial charge >= 0.3 is 5.56 Å². The molecule has 2 N–H and O–H groups in total. The highest BCUT2D eigenvalue weighted by atomic mass is 35.5. The number of ether oxygens (including phenoxy) is 1. The lowest BCUT2D eigenvalue weighted by atomic mass is 10.1. The molecule has 34 heavy (non-hydrogen) atoms. The molecule has 1 saturated heterocycles. The first-order chi connectivity index (χ1) is 16.6. The standard InChI is InChI=1S/C27H25ClN4O2/c1-19-17-29-15-16-31(19)25-18-30-32(23-11-9-22(28)10-12-23)27(33)26(25)34-24-13-7-21(8-14-24)20-5-3-2-4-6-20/h2-14,18-19,29H,15-17H2,1H3/p+1/t19-/m1/s1. The molecule has 0 radical (unpaired) electrons. The van der Waals surface area contributed by atoms with E-state index >= 15 is 0 Å². The number of halogens is 1. The Morgan fingerprint density at radius 2 is 1.68 bits per heavy atom. The highest BCUT2D eigenvalue weighted by Gasteiger charge is 2.27. The van der Waals surface area contributed by atoms with Crippen LogP contribution in [0.1, 0.15) is 6.92 Å². The molecule has 1 fully saturated rings. The zero-order chi connectivity index (χ0) is 23.5. The molecule has 0 amide bonds. The smallest absolute Gasteiger partial charge is 0.316 e. The Labute approximate surface area is 203 Å². The Morgan fingerprint density at radius 3 is 2.38 bits per heavy atom. The quantitative estimate of drug-likeness (QED) is 0.473. The SMILES string of the molecule is C[C@@H]1C[NH2+]CCN1c1cnn(-c2ccc(Cl)cc2)c(=O)c1Oc1ccc(-c2ccccc2)cc1. The number of hydrogen-bond acceptors (Lipinski definition) is 4. The van der Waals surface area contributed by atoms with Gasteiger partial charge in [0.2, 0.25) is 5.75 Å². The van der Waals surface area contributed by atoms with Crippen LogP contribution >= 0.6 is 11.6 Å². The van der Waals surface area contributed by atoms with E-state index in [2.05, 4.69) is 34.4 Å². The number of nitrogens with zero attached hydrogens (tertiary/aromatic N) is 3. The van der Waals surface area contributed by atoms with Crippen molar-refractivity contribution in [3.63, 3.8) is 0 Å². The first-order valence-corrected chi connectivity index (χ1v) is 11.8. The summed E-state index contributed by atoms with van der Waals surface area (Å²) in [5.41, 5.74) is 3.24. The average Bonchev–Trinajstić information content (AvgIpc) is 2.87. The van der Waals surface area contributed by atoms with E-state index in [4.69, 9.17) is 16.3 Å². The van der Waals surface area contributed by atoms with Gasteiger partial charge < -0.3 is 15.0 Å². The molecule has 2 heterocycles. The summed E-state index contributed by atoms with van der Waals surface area (Å²) in [5, 5.41) is 7.36. The minimum Gasteiger partial charge on any atom is -0.449 e. The molecule has 1 atom stereocenters. The van der Waals surface area contributed by atoms with Crippen molar-refractivity contribution in [2.75, 3.05) is 24.5 Å². The van der Waals surface area contributed by atoms with Crippen LogP contribution in [0.4, 0.5) is 5.69 Å². The molecule has 0 unspecified atom stereocenters. The maximum absolute atomic E-state index is 13.6. The summed E-state index contributed by atoms with van der Waals surface area (Å²) in [4.78, 5) is 15.8. The number of quaternary nitrogens is 1. The van der Waals surface area contributed by atoms with Crippen molar-refractivity contribution in [2.45, 2.75) is 13.0 Å². The molecule has 4 aromatic rings. The summed E-state index contributed by atoms with van der Waals surface area (Å²) >= 11 is 6.04. The van der Waals surface area contributed by atoms with Gasteiger partial charge in [-0.2, -0.15) is 9.78 Å². The molecule has 1 aromatic heterocycles. The van der Waals surface area contributed by atoms with Crippen LogP contribution in [0.5, 0.6) is 11.5 Å². The predicted octanol–water partition coefficient (Wildman–Crippen LogP) is 4.12. The minimum atomic E-state index is -0.311. The Bertz CT molecular complexity index is 1320. The molecule has 0 spiro atoms. The summed E-state index contributed by atoms with van der Waals surface area (Å²) in [6.07, 6.45) is 1.73. The van der Waals surface area contributed by atoms with Gasteiger partial charge in [0.05, 0.1) is 37.6 Å². The first-order valence-electron chi connectivity index (χ1n) is 11.4. The maximum atomic E-state index is 13.6. The van der Waals surface area contributed by atoms with Crippen LogP contribution in [0.25, 0.3) is 16.8 Å². The van der Waals surface area contributed by atoms with Gasteiger partial charge in [0.25, 0.3) is 0 Å². The number of nitrogens with two attached hydrogens (primary N) is 1. The second-order valence-corrected chi connectivity index (χ2v) is 8.84. The molecular formula is C27H26ClN4O2+. The molecule has 1 aliphatic heterocycles. The number of rotatable bonds is 5. The first kappa shape index (κ1) is 22.2. The summed E-state index contributed by atoms with van der Waals surface area (Å²) < 4.78 is 7.62. The van der Waals surface area contributed by atoms with Gasteiger partial charge in [-0.25, -0.2) is 0 Å². The van der Waals surface area contributed by atoms with Gasteiger partial charge in [-0.15, -0.1) is 0 Å². The number of piperazine rings is 1. The van der Waals surface area contributed by atoms with Crippen LogP contribution in [0, 0.1) is 0 Å². The molecule has 1 aliphatic rings. The van der Waals surface area contributed by atoms with Gasteiger partial charge in [-0.1, -0.05) is 54.1 Å². The number of benzene rings is 3. The predicted molar refractivity (Wildman–Crippen MR) is 135 cm³/mol. The van der Waals surface area contributed by atoms with E-state index in [1.165, 1.54) is 4.68 Å². The lowest BCUT2D eigenvalue weighted by molar-refractivity contribution is -0.659. The van der Waals surface area contributed by atoms with Crippen molar-refractivity contribution >= 4 is 17.3 Å². The lowest BCUT2D eigenvalue weighted by Crippen LogP contribution is -2.91. The number of hydrogen-bond donors (Lipinski definition) is 1. The number of aromatic nitrogens is 2. The third-order valence-corrected chi connectivity index (χ3v) is 6.34. The highest BCUT2D eigenvalue weighted by Crippen LogP contribution is 2.31. The number of anilines is 1. The molecule has 7 heteroatoms. The monoisotopic (exact) mass is 473 g/mol. The fourth-order valence-corrected chi connectivity index (χ4v) is 4.38. The summed E-state index contributed by atoms with van der Waals surface area (Å²) in [7, 11) is 0. The highest BCUT2D eigenvalue weighted by molar-refractivity contribution is 6.30. The second-order valence-electron chi connectivity index (χ2n) is 8.40. The van der Waals surface area contributed by atoms with E-state index in [9.17, 15) is 4.79 Å². The second kappa shape index (κ2) is 9.71. The maximum Gasteiger partial charge on any atom is 0.316 e. The zero-order valence-corrected chi connectivity index (χ0v) is 19.7. The Hall–Kier alpha value is -3.61. The molecule has 0 aliphatic carbocycles. The van der Waals surface area contributed by atoms with E-state index < -0.39 is 0 Å². The van der Waals surface area contributed by atoms with Crippen LogP contribution in [-0.2, 0) is 0 Å². The largest absolute Gasteiger partial charge is 0.449 e. The molecule has 6 nitrogen and oxygen atoms in total. The molecular weight excluding hydrogens is 448 g/mol. The van der Waals surface area contributed by atoms with E-state index in [1.54, 1.807) is 30.5 Å². The van der Waals surface area contributed by atoms with Crippen molar-refractivity contribution in [3.05, 3.63) is 100 Å². The van der Waals surface area contributed by atoms with E-state index in [0.717, 1.165) is 30.8 Å². The Kier molecular flexibility index (Phi) is 6.34. The van der Waals surface area contributed by atoms with Crippen LogP contribution in [0.2, 0.25) is 5.02 Å². The minimum absolute atomic E-state index is 0.254. The van der Waals surface area contributed by atoms with Gasteiger partial charge in [0.15, 0.2) is 0 Å². The summed E-state index contributed by atoms with van der Waals surface area (Å²) in [6.45, 7) is 4.87. The van der Waals surface area contributed by atoms with Crippen molar-refractivity contribution < 1.29 is 10.1 Å². The van der Waals surface area contributed by atoms with E-state index in [1.807, 2.05) is 42.5 Å². The average molecular weight is 474 g/mol. The molecule has 172 valence electrons. The van der Waals surface area contributed by atoms with Crippen molar-refractivity contribution in [2.24, 2.45) is 0 Å².